The first-order valence-corrected chi connectivity index (χ1v) is 6.54. The molecule has 0 bridgehead atoms. The second kappa shape index (κ2) is 6.56. The van der Waals surface area contributed by atoms with Gasteiger partial charge in [-0.3, -0.25) is 10.2 Å². The lowest BCUT2D eigenvalue weighted by molar-refractivity contribution is 0.0949. The zero-order valence-corrected chi connectivity index (χ0v) is 11.7. The molecule has 5 heteroatoms. The molecule has 1 amide bonds. The number of nitrogens with one attached hydrogen (secondary N) is 2. The van der Waals surface area contributed by atoms with E-state index in [1.165, 1.54) is 0 Å². The lowest BCUT2D eigenvalue weighted by Crippen LogP contribution is -2.41. The molecular weight excluding hydrogens is 266 g/mol. The van der Waals surface area contributed by atoms with Gasteiger partial charge in [0.25, 0.3) is 5.91 Å². The number of carbonyl (C=O) groups is 1. The molecule has 0 saturated carbocycles. The Labute approximate surface area is 123 Å². The first-order valence-electron chi connectivity index (χ1n) is 6.54. The fourth-order valence-corrected chi connectivity index (χ4v) is 1.66. The number of amides is 1. The van der Waals surface area contributed by atoms with Gasteiger partial charge in [0.1, 0.15) is 17.3 Å². The third kappa shape index (κ3) is 4.07. The number of hydrogen-bond donors (Lipinski definition) is 3. The average molecular weight is 283 g/mol. The third-order valence-corrected chi connectivity index (χ3v) is 2.91. The van der Waals surface area contributed by atoms with Gasteiger partial charge in [-0.2, -0.15) is 0 Å². The average Bonchev–Trinajstić information content (AvgIpc) is 2.48. The van der Waals surface area contributed by atoms with E-state index in [9.17, 15) is 4.79 Å². The molecule has 21 heavy (non-hydrogen) atoms. The minimum absolute atomic E-state index is 0.0765. The van der Waals surface area contributed by atoms with E-state index in [0.29, 0.717) is 11.3 Å². The van der Waals surface area contributed by atoms with E-state index in [2.05, 4.69) is 5.32 Å². The highest BCUT2D eigenvalue weighted by Gasteiger charge is 2.11. The number of rotatable bonds is 5. The Morgan fingerprint density at radius 1 is 1.10 bits per heavy atom. The van der Waals surface area contributed by atoms with Gasteiger partial charge in [-0.25, -0.2) is 0 Å². The molecule has 0 unspecified atom stereocenters. The Kier molecular flexibility index (Phi) is 4.56. The summed E-state index contributed by atoms with van der Waals surface area (Å²) in [5.41, 5.74) is 5.81. The second-order valence-electron chi connectivity index (χ2n) is 4.59. The van der Waals surface area contributed by atoms with E-state index < -0.39 is 6.04 Å². The van der Waals surface area contributed by atoms with Crippen molar-refractivity contribution in [2.75, 3.05) is 0 Å². The highest BCUT2D eigenvalue weighted by Crippen LogP contribution is 2.21. The van der Waals surface area contributed by atoms with Crippen LogP contribution in [0.5, 0.6) is 11.5 Å². The molecule has 0 aliphatic carbocycles. The number of benzene rings is 2. The van der Waals surface area contributed by atoms with Crippen LogP contribution in [0.25, 0.3) is 0 Å². The molecule has 0 aromatic heterocycles. The van der Waals surface area contributed by atoms with Crippen molar-refractivity contribution in [3.63, 3.8) is 0 Å². The van der Waals surface area contributed by atoms with Crippen molar-refractivity contribution >= 4 is 11.7 Å². The van der Waals surface area contributed by atoms with Crippen molar-refractivity contribution in [1.29, 1.82) is 5.41 Å². The zero-order valence-electron chi connectivity index (χ0n) is 11.7. The van der Waals surface area contributed by atoms with Gasteiger partial charge in [-0.15, -0.1) is 0 Å². The fourth-order valence-electron chi connectivity index (χ4n) is 1.66. The first-order chi connectivity index (χ1) is 10.1. The van der Waals surface area contributed by atoms with Crippen molar-refractivity contribution < 1.29 is 9.53 Å². The first kappa shape index (κ1) is 14.6. The molecule has 1 atom stereocenters. The molecule has 4 N–H and O–H groups in total. The summed E-state index contributed by atoms with van der Waals surface area (Å²) in [7, 11) is 0. The summed E-state index contributed by atoms with van der Waals surface area (Å²) in [5.74, 6) is 1.04. The minimum Gasteiger partial charge on any atom is -0.457 e. The summed E-state index contributed by atoms with van der Waals surface area (Å²) >= 11 is 0. The quantitative estimate of drug-likeness (QED) is 0.582. The molecule has 0 fully saturated rings. The van der Waals surface area contributed by atoms with Crippen LogP contribution in [0.15, 0.2) is 54.6 Å². The van der Waals surface area contributed by atoms with Crippen LogP contribution in [0.2, 0.25) is 0 Å². The molecule has 2 aromatic carbocycles. The van der Waals surface area contributed by atoms with Gasteiger partial charge in [-0.1, -0.05) is 18.2 Å². The molecule has 0 aliphatic rings. The highest BCUT2D eigenvalue weighted by atomic mass is 16.5. The molecule has 0 heterocycles. The Morgan fingerprint density at radius 2 is 1.67 bits per heavy atom. The Bertz CT molecular complexity index is 624. The summed E-state index contributed by atoms with van der Waals surface area (Å²) in [6.07, 6.45) is 0. The van der Waals surface area contributed by atoms with Crippen LogP contribution in [0.3, 0.4) is 0 Å². The Hall–Kier alpha value is -2.82. The maximum atomic E-state index is 11.9. The summed E-state index contributed by atoms with van der Waals surface area (Å²) in [6, 6.07) is 15.7. The van der Waals surface area contributed by atoms with Gasteiger partial charge in [-0.05, 0) is 43.3 Å². The molecule has 2 rings (SSSR count). The van der Waals surface area contributed by atoms with Gasteiger partial charge < -0.3 is 15.8 Å². The van der Waals surface area contributed by atoms with Gasteiger partial charge >= 0.3 is 0 Å². The predicted octanol–water partition coefficient (Wildman–Crippen LogP) is 2.53. The lowest BCUT2D eigenvalue weighted by Gasteiger charge is -2.12. The van der Waals surface area contributed by atoms with Crippen molar-refractivity contribution in [3.05, 3.63) is 60.2 Å². The van der Waals surface area contributed by atoms with Gasteiger partial charge in [0, 0.05) is 5.56 Å². The molecule has 0 aliphatic heterocycles. The highest BCUT2D eigenvalue weighted by molar-refractivity contribution is 5.97. The van der Waals surface area contributed by atoms with E-state index in [-0.39, 0.29) is 11.7 Å². The van der Waals surface area contributed by atoms with E-state index in [0.717, 1.165) is 5.75 Å². The van der Waals surface area contributed by atoms with Crippen molar-refractivity contribution in [1.82, 2.24) is 5.32 Å². The summed E-state index contributed by atoms with van der Waals surface area (Å²) < 4.78 is 5.65. The number of ether oxygens (including phenoxy) is 1. The van der Waals surface area contributed by atoms with Crippen molar-refractivity contribution in [2.45, 2.75) is 13.0 Å². The third-order valence-electron chi connectivity index (χ3n) is 2.91. The normalized spacial score (nSPS) is 11.5. The monoisotopic (exact) mass is 283 g/mol. The van der Waals surface area contributed by atoms with Crippen LogP contribution < -0.4 is 15.8 Å². The van der Waals surface area contributed by atoms with E-state index in [1.807, 2.05) is 30.3 Å². The van der Waals surface area contributed by atoms with Crippen LogP contribution in [0, 0.1) is 5.41 Å². The van der Waals surface area contributed by atoms with Crippen LogP contribution in [-0.2, 0) is 0 Å². The van der Waals surface area contributed by atoms with Crippen LogP contribution >= 0.6 is 0 Å². The maximum absolute atomic E-state index is 11.9. The maximum Gasteiger partial charge on any atom is 0.251 e. The van der Waals surface area contributed by atoms with E-state index in [1.54, 1.807) is 31.2 Å². The molecule has 2 aromatic rings. The number of amidine groups is 1. The topological polar surface area (TPSA) is 88.2 Å². The Morgan fingerprint density at radius 3 is 2.24 bits per heavy atom. The van der Waals surface area contributed by atoms with Crippen molar-refractivity contribution in [2.24, 2.45) is 5.73 Å². The molecule has 0 radical (unpaired) electrons. The number of carbonyl (C=O) groups excluding carboxylic acids is 1. The fraction of sp³-hybridized carbons (Fsp3) is 0.125. The van der Waals surface area contributed by atoms with Crippen LogP contribution in [-0.4, -0.2) is 17.8 Å². The van der Waals surface area contributed by atoms with Gasteiger partial charge in [0.05, 0.1) is 6.04 Å². The summed E-state index contributed by atoms with van der Waals surface area (Å²) in [4.78, 5) is 11.9. The van der Waals surface area contributed by atoms with Crippen LogP contribution in [0.1, 0.15) is 17.3 Å². The van der Waals surface area contributed by atoms with Crippen LogP contribution in [0.4, 0.5) is 0 Å². The predicted molar refractivity (Wildman–Crippen MR) is 81.8 cm³/mol. The molecule has 5 nitrogen and oxygen atoms in total. The standard InChI is InChI=1S/C16H17N3O2/c1-11(15(17)18)19-16(20)12-7-9-14(10-8-12)21-13-5-3-2-4-6-13/h2-11H,1H3,(H3,17,18)(H,19,20)/t11-/m1/s1. The van der Waals surface area contributed by atoms with Gasteiger partial charge in [0.15, 0.2) is 0 Å². The minimum atomic E-state index is -0.488. The SMILES string of the molecule is C[C@@H](NC(=O)c1ccc(Oc2ccccc2)cc1)C(=N)N. The molecule has 108 valence electrons. The number of hydrogen-bond acceptors (Lipinski definition) is 3. The van der Waals surface area contributed by atoms with Crippen molar-refractivity contribution in [3.8, 4) is 11.5 Å². The molecule has 0 saturated heterocycles. The largest absolute Gasteiger partial charge is 0.457 e. The summed E-state index contributed by atoms with van der Waals surface area (Å²) in [5, 5.41) is 9.89. The number of para-hydroxylation sites is 1. The zero-order chi connectivity index (χ0) is 15.2. The smallest absolute Gasteiger partial charge is 0.251 e. The van der Waals surface area contributed by atoms with E-state index in [4.69, 9.17) is 15.9 Å². The van der Waals surface area contributed by atoms with E-state index >= 15 is 0 Å². The number of nitrogens with two attached hydrogens (primary N) is 1. The molecule has 0 spiro atoms. The van der Waals surface area contributed by atoms with Gasteiger partial charge in [0.2, 0.25) is 0 Å². The Balaban J connectivity index is 2.02. The lowest BCUT2D eigenvalue weighted by atomic mass is 10.2. The summed E-state index contributed by atoms with van der Waals surface area (Å²) in [6.45, 7) is 1.66. The molecular formula is C16H17N3O2. The second-order valence-corrected chi connectivity index (χ2v) is 4.59.